The summed E-state index contributed by atoms with van der Waals surface area (Å²) in [5.41, 5.74) is 1.24. The first-order valence-electron chi connectivity index (χ1n) is 5.82. The van der Waals surface area contributed by atoms with Crippen LogP contribution in [-0.2, 0) is 6.54 Å². The van der Waals surface area contributed by atoms with E-state index in [9.17, 15) is 0 Å². The van der Waals surface area contributed by atoms with E-state index in [1.165, 1.54) is 5.56 Å². The van der Waals surface area contributed by atoms with Crippen molar-refractivity contribution in [1.29, 1.82) is 0 Å². The molecule has 1 atom stereocenters. The maximum atomic E-state index is 9.01. The van der Waals surface area contributed by atoms with Crippen LogP contribution in [0.2, 0.25) is 0 Å². The summed E-state index contributed by atoms with van der Waals surface area (Å²) in [5.74, 6) is 0.529. The Kier molecular flexibility index (Phi) is 6.70. The monoisotopic (exact) mass is 363 g/mol. The molecule has 1 rings (SSSR count). The SMILES string of the molecule is CC(C)C(CCO)NCc1ccc(Br)c(Br)c1. The molecule has 0 heterocycles. The molecule has 0 radical (unpaired) electrons. The minimum atomic E-state index is 0.236. The highest BCUT2D eigenvalue weighted by atomic mass is 79.9. The molecule has 0 bridgehead atoms. The Hall–Kier alpha value is 0.1000. The fraction of sp³-hybridized carbons (Fsp3) is 0.538. The molecule has 1 aromatic rings. The smallest absolute Gasteiger partial charge is 0.0445 e. The first-order valence-corrected chi connectivity index (χ1v) is 7.41. The quantitative estimate of drug-likeness (QED) is 0.806. The van der Waals surface area contributed by atoms with Gasteiger partial charge in [-0.3, -0.25) is 0 Å². The summed E-state index contributed by atoms with van der Waals surface area (Å²) in [7, 11) is 0. The van der Waals surface area contributed by atoms with E-state index >= 15 is 0 Å². The maximum Gasteiger partial charge on any atom is 0.0445 e. The Bertz CT molecular complexity index is 355. The second-order valence-corrected chi connectivity index (χ2v) is 6.20. The first kappa shape index (κ1) is 15.2. The number of hydrogen-bond acceptors (Lipinski definition) is 2. The molecule has 0 aliphatic heterocycles. The van der Waals surface area contributed by atoms with Crippen LogP contribution in [0, 0.1) is 5.92 Å². The third-order valence-electron chi connectivity index (χ3n) is 2.80. The van der Waals surface area contributed by atoms with Gasteiger partial charge in [0.15, 0.2) is 0 Å². The predicted molar refractivity (Wildman–Crippen MR) is 79.0 cm³/mol. The van der Waals surface area contributed by atoms with Crippen molar-refractivity contribution in [3.05, 3.63) is 32.7 Å². The van der Waals surface area contributed by atoms with E-state index in [0.717, 1.165) is 21.9 Å². The number of hydrogen-bond donors (Lipinski definition) is 2. The molecular weight excluding hydrogens is 346 g/mol. The summed E-state index contributed by atoms with van der Waals surface area (Å²) in [6, 6.07) is 6.60. The third kappa shape index (κ3) is 5.08. The fourth-order valence-electron chi connectivity index (χ4n) is 1.71. The lowest BCUT2D eigenvalue weighted by Gasteiger charge is -2.21. The van der Waals surface area contributed by atoms with E-state index in [2.05, 4.69) is 63.2 Å². The van der Waals surface area contributed by atoms with Gasteiger partial charge in [-0.25, -0.2) is 0 Å². The van der Waals surface area contributed by atoms with Crippen molar-refractivity contribution in [2.45, 2.75) is 32.9 Å². The average Bonchev–Trinajstić information content (AvgIpc) is 2.28. The van der Waals surface area contributed by atoms with Crippen LogP contribution in [0.5, 0.6) is 0 Å². The fourth-order valence-corrected chi connectivity index (χ4v) is 2.38. The van der Waals surface area contributed by atoms with Crippen molar-refractivity contribution < 1.29 is 5.11 Å². The number of halogens is 2. The van der Waals surface area contributed by atoms with Crippen molar-refractivity contribution >= 4 is 31.9 Å². The minimum Gasteiger partial charge on any atom is -0.396 e. The van der Waals surface area contributed by atoms with Gasteiger partial charge in [0.1, 0.15) is 0 Å². The van der Waals surface area contributed by atoms with Crippen LogP contribution in [0.4, 0.5) is 0 Å². The van der Waals surface area contributed by atoms with Crippen molar-refractivity contribution in [3.63, 3.8) is 0 Å². The Morgan fingerprint density at radius 3 is 2.47 bits per heavy atom. The van der Waals surface area contributed by atoms with Crippen molar-refractivity contribution in [2.75, 3.05) is 6.61 Å². The van der Waals surface area contributed by atoms with Gasteiger partial charge in [0.25, 0.3) is 0 Å². The van der Waals surface area contributed by atoms with Crippen LogP contribution in [0.15, 0.2) is 27.1 Å². The highest BCUT2D eigenvalue weighted by molar-refractivity contribution is 9.13. The van der Waals surface area contributed by atoms with Crippen LogP contribution < -0.4 is 5.32 Å². The second-order valence-electron chi connectivity index (χ2n) is 4.49. The Labute approximate surface area is 120 Å². The number of aliphatic hydroxyl groups excluding tert-OH is 1. The normalized spacial score (nSPS) is 13.1. The summed E-state index contributed by atoms with van der Waals surface area (Å²) in [6.45, 7) is 5.41. The first-order chi connectivity index (χ1) is 8.04. The molecule has 0 aliphatic rings. The molecule has 2 nitrogen and oxygen atoms in total. The Balaban J connectivity index is 2.56. The molecule has 4 heteroatoms. The summed E-state index contributed by atoms with van der Waals surface area (Å²) >= 11 is 6.96. The molecule has 17 heavy (non-hydrogen) atoms. The molecule has 0 saturated heterocycles. The van der Waals surface area contributed by atoms with E-state index in [1.807, 2.05) is 6.07 Å². The van der Waals surface area contributed by atoms with Gasteiger partial charge in [0.2, 0.25) is 0 Å². The third-order valence-corrected chi connectivity index (χ3v) is 4.68. The molecule has 0 spiro atoms. The second kappa shape index (κ2) is 7.52. The van der Waals surface area contributed by atoms with Gasteiger partial charge < -0.3 is 10.4 Å². The van der Waals surface area contributed by atoms with Gasteiger partial charge in [0.05, 0.1) is 0 Å². The topological polar surface area (TPSA) is 32.3 Å². The molecule has 0 aliphatic carbocycles. The van der Waals surface area contributed by atoms with E-state index in [-0.39, 0.29) is 6.61 Å². The summed E-state index contributed by atoms with van der Waals surface area (Å²) in [6.07, 6.45) is 0.801. The van der Waals surface area contributed by atoms with Crippen LogP contribution in [0.1, 0.15) is 25.8 Å². The van der Waals surface area contributed by atoms with Gasteiger partial charge in [-0.05, 0) is 61.9 Å². The largest absolute Gasteiger partial charge is 0.396 e. The predicted octanol–water partition coefficient (Wildman–Crippen LogP) is 3.71. The van der Waals surface area contributed by atoms with Crippen molar-refractivity contribution in [2.24, 2.45) is 5.92 Å². The van der Waals surface area contributed by atoms with Gasteiger partial charge in [-0.1, -0.05) is 19.9 Å². The number of nitrogens with one attached hydrogen (secondary N) is 1. The Morgan fingerprint density at radius 2 is 1.94 bits per heavy atom. The van der Waals surface area contributed by atoms with Gasteiger partial charge in [-0.15, -0.1) is 0 Å². The molecule has 0 amide bonds. The molecule has 96 valence electrons. The van der Waals surface area contributed by atoms with Crippen LogP contribution in [0.25, 0.3) is 0 Å². The molecule has 0 saturated carbocycles. The number of aliphatic hydroxyl groups is 1. The zero-order valence-electron chi connectivity index (χ0n) is 10.2. The molecule has 0 fully saturated rings. The van der Waals surface area contributed by atoms with Crippen LogP contribution in [0.3, 0.4) is 0 Å². The van der Waals surface area contributed by atoms with Gasteiger partial charge >= 0.3 is 0 Å². The van der Waals surface area contributed by atoms with E-state index in [4.69, 9.17) is 5.11 Å². The molecule has 2 N–H and O–H groups in total. The average molecular weight is 365 g/mol. The molecular formula is C13H19Br2NO. The van der Waals surface area contributed by atoms with Crippen molar-refractivity contribution in [3.8, 4) is 0 Å². The highest BCUT2D eigenvalue weighted by Crippen LogP contribution is 2.23. The molecule has 1 aromatic carbocycles. The summed E-state index contributed by atoms with van der Waals surface area (Å²) in [4.78, 5) is 0. The molecule has 0 aromatic heterocycles. The van der Waals surface area contributed by atoms with E-state index < -0.39 is 0 Å². The zero-order valence-corrected chi connectivity index (χ0v) is 13.4. The van der Waals surface area contributed by atoms with Crippen LogP contribution >= 0.6 is 31.9 Å². The van der Waals surface area contributed by atoms with Crippen molar-refractivity contribution in [1.82, 2.24) is 5.32 Å². The zero-order chi connectivity index (χ0) is 12.8. The number of benzene rings is 1. The lowest BCUT2D eigenvalue weighted by Crippen LogP contribution is -2.34. The maximum absolute atomic E-state index is 9.01. The van der Waals surface area contributed by atoms with E-state index in [0.29, 0.717) is 12.0 Å². The highest BCUT2D eigenvalue weighted by Gasteiger charge is 2.11. The van der Waals surface area contributed by atoms with Gasteiger partial charge in [-0.2, -0.15) is 0 Å². The Morgan fingerprint density at radius 1 is 1.24 bits per heavy atom. The lowest BCUT2D eigenvalue weighted by atomic mass is 10.0. The van der Waals surface area contributed by atoms with E-state index in [1.54, 1.807) is 0 Å². The lowest BCUT2D eigenvalue weighted by molar-refractivity contribution is 0.244. The van der Waals surface area contributed by atoms with Crippen LogP contribution in [-0.4, -0.2) is 17.8 Å². The van der Waals surface area contributed by atoms with Gasteiger partial charge in [0, 0.05) is 28.1 Å². The standard InChI is InChI=1S/C13H19Br2NO/c1-9(2)13(5-6-17)16-8-10-3-4-11(14)12(15)7-10/h3-4,7,9,13,16-17H,5-6,8H2,1-2H3. The minimum absolute atomic E-state index is 0.236. The number of rotatable bonds is 6. The summed E-state index contributed by atoms with van der Waals surface area (Å²) < 4.78 is 2.14. The summed E-state index contributed by atoms with van der Waals surface area (Å²) in [5, 5.41) is 12.5. The molecule has 1 unspecified atom stereocenters.